The molecule has 3 heteroatoms. The van der Waals surface area contributed by atoms with Gasteiger partial charge in [-0.1, -0.05) is 30.3 Å². The number of carbonyl (C=O) groups is 1. The van der Waals surface area contributed by atoms with E-state index in [4.69, 9.17) is 5.11 Å². The molecule has 1 N–H and O–H groups in total. The summed E-state index contributed by atoms with van der Waals surface area (Å²) in [6.45, 7) is 0. The van der Waals surface area contributed by atoms with Gasteiger partial charge in [0.1, 0.15) is 0 Å². The Morgan fingerprint density at radius 3 is 2.60 bits per heavy atom. The van der Waals surface area contributed by atoms with Gasteiger partial charge in [0.05, 0.1) is 6.42 Å². The van der Waals surface area contributed by atoms with Crippen LogP contribution < -0.4 is 0 Å². The smallest absolute Gasteiger partial charge is 0.307 e. The van der Waals surface area contributed by atoms with Crippen LogP contribution in [0, 0.1) is 0 Å². The van der Waals surface area contributed by atoms with Crippen LogP contribution in [0.15, 0.2) is 41.1 Å². The summed E-state index contributed by atoms with van der Waals surface area (Å²) >= 11 is 1.54. The minimum absolute atomic E-state index is 0.0910. The molecule has 0 atom stereocenters. The molecule has 2 nitrogen and oxygen atoms in total. The third-order valence-corrected chi connectivity index (χ3v) is 2.96. The largest absolute Gasteiger partial charge is 0.481 e. The number of hydrogen-bond acceptors (Lipinski definition) is 2. The molecule has 2 aromatic rings. The molecule has 0 saturated carbocycles. The van der Waals surface area contributed by atoms with E-state index in [0.717, 1.165) is 16.7 Å². The molecular formula is C12H10O2S. The van der Waals surface area contributed by atoms with Gasteiger partial charge >= 0.3 is 5.97 Å². The maximum absolute atomic E-state index is 10.7. The zero-order valence-electron chi connectivity index (χ0n) is 8.01. The lowest BCUT2D eigenvalue weighted by molar-refractivity contribution is -0.136. The normalized spacial score (nSPS) is 10.1. The summed E-state index contributed by atoms with van der Waals surface area (Å²) in [4.78, 5) is 10.7. The first-order valence-electron chi connectivity index (χ1n) is 4.59. The predicted octanol–water partition coefficient (Wildman–Crippen LogP) is 3.04. The molecule has 1 aromatic heterocycles. The lowest BCUT2D eigenvalue weighted by Crippen LogP contribution is -1.99. The van der Waals surface area contributed by atoms with Crippen molar-refractivity contribution in [1.29, 1.82) is 0 Å². The number of carboxylic acid groups (broad SMARTS) is 1. The van der Waals surface area contributed by atoms with E-state index < -0.39 is 5.97 Å². The van der Waals surface area contributed by atoms with E-state index in [2.05, 4.69) is 0 Å². The second-order valence-corrected chi connectivity index (χ2v) is 3.99. The third-order valence-electron chi connectivity index (χ3n) is 2.17. The SMILES string of the molecule is O=C(O)Cc1cscc1-c1ccccc1. The van der Waals surface area contributed by atoms with Crippen molar-refractivity contribution < 1.29 is 9.90 Å². The van der Waals surface area contributed by atoms with Crippen LogP contribution >= 0.6 is 11.3 Å². The lowest BCUT2D eigenvalue weighted by atomic mass is 10.0. The summed E-state index contributed by atoms with van der Waals surface area (Å²) in [5.74, 6) is -0.786. The molecule has 0 aliphatic carbocycles. The summed E-state index contributed by atoms with van der Waals surface area (Å²) in [6, 6.07) is 9.85. The van der Waals surface area contributed by atoms with E-state index in [9.17, 15) is 4.79 Å². The van der Waals surface area contributed by atoms with Gasteiger partial charge in [-0.3, -0.25) is 4.79 Å². The Balaban J connectivity index is 2.37. The highest BCUT2D eigenvalue weighted by atomic mass is 32.1. The number of aliphatic carboxylic acids is 1. The monoisotopic (exact) mass is 218 g/mol. The molecule has 0 radical (unpaired) electrons. The Hall–Kier alpha value is -1.61. The number of carboxylic acids is 1. The quantitative estimate of drug-likeness (QED) is 0.859. The summed E-state index contributed by atoms with van der Waals surface area (Å²) < 4.78 is 0. The van der Waals surface area contributed by atoms with Gasteiger partial charge < -0.3 is 5.11 Å². The zero-order chi connectivity index (χ0) is 10.7. The number of rotatable bonds is 3. The average molecular weight is 218 g/mol. The topological polar surface area (TPSA) is 37.3 Å². The van der Waals surface area contributed by atoms with Crippen LogP contribution in [0.4, 0.5) is 0 Å². The van der Waals surface area contributed by atoms with Crippen LogP contribution in [-0.2, 0) is 11.2 Å². The van der Waals surface area contributed by atoms with Crippen LogP contribution in [0.3, 0.4) is 0 Å². The maximum Gasteiger partial charge on any atom is 0.307 e. The average Bonchev–Trinajstić information content (AvgIpc) is 2.66. The zero-order valence-corrected chi connectivity index (χ0v) is 8.83. The fourth-order valence-corrected chi connectivity index (χ4v) is 2.36. The van der Waals surface area contributed by atoms with Gasteiger partial charge in [0.2, 0.25) is 0 Å². The minimum Gasteiger partial charge on any atom is -0.481 e. The van der Waals surface area contributed by atoms with Crippen LogP contribution in [0.5, 0.6) is 0 Å². The first kappa shape index (κ1) is 9.93. The van der Waals surface area contributed by atoms with Crippen molar-refractivity contribution in [2.75, 3.05) is 0 Å². The number of thiophene rings is 1. The van der Waals surface area contributed by atoms with Crippen molar-refractivity contribution in [3.05, 3.63) is 46.7 Å². The highest BCUT2D eigenvalue weighted by molar-refractivity contribution is 7.08. The Labute approximate surface area is 91.8 Å². The van der Waals surface area contributed by atoms with Crippen LogP contribution in [0.2, 0.25) is 0 Å². The summed E-state index contributed by atoms with van der Waals surface area (Å²) in [5, 5.41) is 12.7. The molecule has 1 heterocycles. The van der Waals surface area contributed by atoms with Crippen molar-refractivity contribution in [1.82, 2.24) is 0 Å². The number of benzene rings is 1. The molecule has 0 unspecified atom stereocenters. The van der Waals surface area contributed by atoms with Crippen molar-refractivity contribution in [2.45, 2.75) is 6.42 Å². The van der Waals surface area contributed by atoms with E-state index in [1.165, 1.54) is 11.3 Å². The summed E-state index contributed by atoms with van der Waals surface area (Å²) in [6.07, 6.45) is 0.0910. The predicted molar refractivity (Wildman–Crippen MR) is 61.1 cm³/mol. The van der Waals surface area contributed by atoms with Gasteiger partial charge in [-0.2, -0.15) is 11.3 Å². The lowest BCUT2D eigenvalue weighted by Gasteiger charge is -2.01. The molecule has 0 bridgehead atoms. The molecule has 0 amide bonds. The highest BCUT2D eigenvalue weighted by Crippen LogP contribution is 2.27. The van der Waals surface area contributed by atoms with Crippen molar-refractivity contribution in [3.8, 4) is 11.1 Å². The third kappa shape index (κ3) is 2.25. The molecule has 0 aliphatic rings. The molecule has 0 aliphatic heterocycles. The summed E-state index contributed by atoms with van der Waals surface area (Å²) in [5.41, 5.74) is 3.00. The Morgan fingerprint density at radius 2 is 1.93 bits per heavy atom. The first-order chi connectivity index (χ1) is 7.27. The van der Waals surface area contributed by atoms with Gasteiger partial charge in [0.15, 0.2) is 0 Å². The minimum atomic E-state index is -0.786. The van der Waals surface area contributed by atoms with Gasteiger partial charge in [-0.05, 0) is 27.5 Å². The van der Waals surface area contributed by atoms with E-state index in [1.807, 2.05) is 41.1 Å². The van der Waals surface area contributed by atoms with E-state index in [1.54, 1.807) is 0 Å². The van der Waals surface area contributed by atoms with Crippen molar-refractivity contribution in [3.63, 3.8) is 0 Å². The maximum atomic E-state index is 10.7. The molecule has 0 saturated heterocycles. The van der Waals surface area contributed by atoms with Gasteiger partial charge in [0, 0.05) is 0 Å². The van der Waals surface area contributed by atoms with Gasteiger partial charge in [-0.15, -0.1) is 0 Å². The fourth-order valence-electron chi connectivity index (χ4n) is 1.49. The highest BCUT2D eigenvalue weighted by Gasteiger charge is 2.08. The molecule has 2 rings (SSSR count). The standard InChI is InChI=1S/C12H10O2S/c13-12(14)6-10-7-15-8-11(10)9-4-2-1-3-5-9/h1-5,7-8H,6H2,(H,13,14). The number of hydrogen-bond donors (Lipinski definition) is 1. The Kier molecular flexibility index (Phi) is 2.83. The van der Waals surface area contributed by atoms with Crippen molar-refractivity contribution in [2.24, 2.45) is 0 Å². The fraction of sp³-hybridized carbons (Fsp3) is 0.0833. The summed E-state index contributed by atoms with van der Waals surface area (Å²) in [7, 11) is 0. The Bertz CT molecular complexity index is 459. The van der Waals surface area contributed by atoms with E-state index in [-0.39, 0.29) is 6.42 Å². The van der Waals surface area contributed by atoms with Crippen LogP contribution in [-0.4, -0.2) is 11.1 Å². The van der Waals surface area contributed by atoms with E-state index in [0.29, 0.717) is 0 Å². The molecule has 0 fully saturated rings. The second kappa shape index (κ2) is 4.28. The molecule has 15 heavy (non-hydrogen) atoms. The van der Waals surface area contributed by atoms with Crippen LogP contribution in [0.25, 0.3) is 11.1 Å². The van der Waals surface area contributed by atoms with E-state index >= 15 is 0 Å². The molecule has 0 spiro atoms. The first-order valence-corrected chi connectivity index (χ1v) is 5.54. The van der Waals surface area contributed by atoms with Gasteiger partial charge in [-0.25, -0.2) is 0 Å². The molecule has 1 aromatic carbocycles. The van der Waals surface area contributed by atoms with Gasteiger partial charge in [0.25, 0.3) is 0 Å². The van der Waals surface area contributed by atoms with Crippen LogP contribution in [0.1, 0.15) is 5.56 Å². The van der Waals surface area contributed by atoms with Crippen molar-refractivity contribution >= 4 is 17.3 Å². The second-order valence-electron chi connectivity index (χ2n) is 3.25. The molecule has 76 valence electrons. The Morgan fingerprint density at radius 1 is 1.20 bits per heavy atom. The molecular weight excluding hydrogens is 208 g/mol.